The van der Waals surface area contributed by atoms with Crippen LogP contribution in [-0.4, -0.2) is 11.4 Å². The molecule has 1 aromatic rings. The molecule has 94 valence electrons. The van der Waals surface area contributed by atoms with Gasteiger partial charge in [0.1, 0.15) is 0 Å². The van der Waals surface area contributed by atoms with Crippen molar-refractivity contribution in [3.63, 3.8) is 0 Å². The summed E-state index contributed by atoms with van der Waals surface area (Å²) in [6.07, 6.45) is 2.21. The zero-order valence-electron chi connectivity index (χ0n) is 11.3. The van der Waals surface area contributed by atoms with Gasteiger partial charge >= 0.3 is 0 Å². The molecule has 2 rings (SSSR count). The number of fused-ring (bicyclic) bond motifs is 1. The second kappa shape index (κ2) is 3.84. The number of hydrogen-bond donors (Lipinski definition) is 1. The maximum Gasteiger partial charge on any atom is 0.261 e. The van der Waals surface area contributed by atoms with Crippen molar-refractivity contribution >= 4 is 17.2 Å². The van der Waals surface area contributed by atoms with Gasteiger partial charge in [0.2, 0.25) is 0 Å². The lowest BCUT2D eigenvalue weighted by Gasteiger charge is -2.20. The number of carbonyl (C=O) groups is 1. The molecule has 17 heavy (non-hydrogen) atoms. The van der Waals surface area contributed by atoms with Crippen LogP contribution in [-0.2, 0) is 12.8 Å². The van der Waals surface area contributed by atoms with Gasteiger partial charge in [-0.2, -0.15) is 0 Å². The van der Waals surface area contributed by atoms with Gasteiger partial charge in [-0.15, -0.1) is 11.3 Å². The zero-order valence-corrected chi connectivity index (χ0v) is 12.1. The van der Waals surface area contributed by atoms with Crippen molar-refractivity contribution in [1.29, 1.82) is 0 Å². The van der Waals surface area contributed by atoms with Crippen LogP contribution in [0.2, 0.25) is 0 Å². The van der Waals surface area contributed by atoms with Crippen molar-refractivity contribution in [3.8, 4) is 0 Å². The van der Waals surface area contributed by atoms with E-state index in [1.165, 1.54) is 10.4 Å². The minimum Gasteiger partial charge on any atom is -0.347 e. The Labute approximate surface area is 107 Å². The molecule has 0 saturated heterocycles. The number of rotatable bonds is 1. The maximum atomic E-state index is 12.0. The van der Waals surface area contributed by atoms with Crippen LogP contribution in [0.1, 0.15) is 54.7 Å². The minimum absolute atomic E-state index is 0.0645. The standard InChI is InChI=1S/C14H21NOS/c1-13(2,3)15-12(16)10-6-9-7-14(4,5)8-11(9)17-10/h6H,7-8H2,1-5H3,(H,15,16). The van der Waals surface area contributed by atoms with E-state index in [1.54, 1.807) is 11.3 Å². The molecular weight excluding hydrogens is 230 g/mol. The second-order valence-corrected chi connectivity index (χ2v) is 7.92. The van der Waals surface area contributed by atoms with Crippen molar-refractivity contribution in [2.24, 2.45) is 5.41 Å². The van der Waals surface area contributed by atoms with Crippen molar-refractivity contribution in [2.75, 3.05) is 0 Å². The zero-order chi connectivity index (χ0) is 12.8. The molecule has 0 radical (unpaired) electrons. The van der Waals surface area contributed by atoms with Crippen LogP contribution in [0.3, 0.4) is 0 Å². The average Bonchev–Trinajstić information content (AvgIpc) is 2.53. The highest BCUT2D eigenvalue weighted by atomic mass is 32.1. The molecular formula is C14H21NOS. The van der Waals surface area contributed by atoms with Crippen molar-refractivity contribution < 1.29 is 4.79 Å². The van der Waals surface area contributed by atoms with Gasteiger partial charge < -0.3 is 5.32 Å². The highest BCUT2D eigenvalue weighted by Crippen LogP contribution is 2.40. The third-order valence-corrected chi connectivity index (χ3v) is 4.09. The molecule has 3 heteroatoms. The Morgan fingerprint density at radius 1 is 1.35 bits per heavy atom. The molecule has 0 fully saturated rings. The van der Waals surface area contributed by atoms with E-state index in [9.17, 15) is 4.79 Å². The molecule has 0 bridgehead atoms. The van der Waals surface area contributed by atoms with Crippen molar-refractivity contribution in [2.45, 2.75) is 53.0 Å². The van der Waals surface area contributed by atoms with Gasteiger partial charge in [0.15, 0.2) is 0 Å². The summed E-state index contributed by atoms with van der Waals surface area (Å²) >= 11 is 1.66. The van der Waals surface area contributed by atoms with Gasteiger partial charge in [-0.1, -0.05) is 13.8 Å². The molecule has 1 N–H and O–H groups in total. The van der Waals surface area contributed by atoms with E-state index in [-0.39, 0.29) is 11.4 Å². The topological polar surface area (TPSA) is 29.1 Å². The second-order valence-electron chi connectivity index (χ2n) is 6.78. The monoisotopic (exact) mass is 251 g/mol. The Morgan fingerprint density at radius 3 is 2.53 bits per heavy atom. The molecule has 0 unspecified atom stereocenters. The maximum absolute atomic E-state index is 12.0. The molecule has 0 aromatic carbocycles. The summed E-state index contributed by atoms with van der Waals surface area (Å²) in [7, 11) is 0. The predicted molar refractivity (Wildman–Crippen MR) is 72.7 cm³/mol. The fraction of sp³-hybridized carbons (Fsp3) is 0.643. The van der Waals surface area contributed by atoms with Crippen LogP contribution in [0, 0.1) is 5.41 Å². The quantitative estimate of drug-likeness (QED) is 0.814. The molecule has 1 amide bonds. The van der Waals surface area contributed by atoms with E-state index in [0.29, 0.717) is 5.41 Å². The normalized spacial score (nSPS) is 17.9. The Morgan fingerprint density at radius 2 is 2.00 bits per heavy atom. The molecule has 1 aromatic heterocycles. The Hall–Kier alpha value is -0.830. The van der Waals surface area contributed by atoms with Crippen LogP contribution in [0.25, 0.3) is 0 Å². The Kier molecular flexibility index (Phi) is 2.85. The number of hydrogen-bond acceptors (Lipinski definition) is 2. The lowest BCUT2D eigenvalue weighted by molar-refractivity contribution is 0.0923. The lowest BCUT2D eigenvalue weighted by Crippen LogP contribution is -2.40. The van der Waals surface area contributed by atoms with Gasteiger partial charge in [-0.25, -0.2) is 0 Å². The van der Waals surface area contributed by atoms with E-state index in [4.69, 9.17) is 0 Å². The minimum atomic E-state index is -0.162. The molecule has 1 aliphatic carbocycles. The summed E-state index contributed by atoms with van der Waals surface area (Å²) < 4.78 is 0. The van der Waals surface area contributed by atoms with E-state index < -0.39 is 0 Å². The average molecular weight is 251 g/mol. The van der Waals surface area contributed by atoms with E-state index >= 15 is 0 Å². The molecule has 0 saturated carbocycles. The third kappa shape index (κ3) is 2.89. The molecule has 0 aliphatic heterocycles. The molecule has 1 heterocycles. The Bertz CT molecular complexity index is 426. The first-order chi connectivity index (χ1) is 7.66. The van der Waals surface area contributed by atoms with E-state index in [0.717, 1.165) is 17.7 Å². The van der Waals surface area contributed by atoms with Gasteiger partial charge in [0.25, 0.3) is 5.91 Å². The lowest BCUT2D eigenvalue weighted by atomic mass is 9.91. The summed E-state index contributed by atoms with van der Waals surface area (Å²) in [4.78, 5) is 14.3. The van der Waals surface area contributed by atoms with Crippen LogP contribution >= 0.6 is 11.3 Å². The van der Waals surface area contributed by atoms with Gasteiger partial charge in [-0.3, -0.25) is 4.79 Å². The smallest absolute Gasteiger partial charge is 0.261 e. The van der Waals surface area contributed by atoms with Crippen molar-refractivity contribution in [1.82, 2.24) is 5.32 Å². The summed E-state index contributed by atoms with van der Waals surface area (Å²) in [6, 6.07) is 2.08. The fourth-order valence-electron chi connectivity index (χ4n) is 2.29. The number of thiophene rings is 1. The first kappa shape index (κ1) is 12.6. The van der Waals surface area contributed by atoms with Gasteiger partial charge in [0.05, 0.1) is 4.88 Å². The highest BCUT2D eigenvalue weighted by Gasteiger charge is 2.31. The SMILES string of the molecule is CC1(C)Cc2cc(C(=O)NC(C)(C)C)sc2C1. The van der Waals surface area contributed by atoms with Crippen LogP contribution in [0.5, 0.6) is 0 Å². The van der Waals surface area contributed by atoms with Gasteiger partial charge in [0, 0.05) is 10.4 Å². The summed E-state index contributed by atoms with van der Waals surface area (Å²) in [5, 5.41) is 3.02. The Balaban J connectivity index is 2.14. The van der Waals surface area contributed by atoms with Crippen LogP contribution < -0.4 is 5.32 Å². The highest BCUT2D eigenvalue weighted by molar-refractivity contribution is 7.14. The first-order valence-electron chi connectivity index (χ1n) is 6.10. The largest absolute Gasteiger partial charge is 0.347 e. The third-order valence-electron chi connectivity index (χ3n) is 2.92. The number of amides is 1. The molecule has 1 aliphatic rings. The fourth-order valence-corrected chi connectivity index (χ4v) is 3.63. The van der Waals surface area contributed by atoms with Crippen LogP contribution in [0.4, 0.5) is 0 Å². The van der Waals surface area contributed by atoms with Crippen molar-refractivity contribution in [3.05, 3.63) is 21.4 Å². The van der Waals surface area contributed by atoms with E-state index in [2.05, 4.69) is 25.2 Å². The van der Waals surface area contributed by atoms with Crippen LogP contribution in [0.15, 0.2) is 6.07 Å². The van der Waals surface area contributed by atoms with Gasteiger partial charge in [-0.05, 0) is 50.7 Å². The van der Waals surface area contributed by atoms with E-state index in [1.807, 2.05) is 20.8 Å². The summed E-state index contributed by atoms with van der Waals surface area (Å²) in [5.41, 5.74) is 1.59. The number of nitrogens with one attached hydrogen (secondary N) is 1. The summed E-state index contributed by atoms with van der Waals surface area (Å²) in [5.74, 6) is 0.0645. The molecule has 0 spiro atoms. The predicted octanol–water partition coefficient (Wildman–Crippen LogP) is 3.40. The first-order valence-corrected chi connectivity index (χ1v) is 6.92. The summed E-state index contributed by atoms with van der Waals surface area (Å²) in [6.45, 7) is 10.6. The molecule has 0 atom stereocenters. The number of carbonyl (C=O) groups excluding carboxylic acids is 1. The molecule has 2 nitrogen and oxygen atoms in total.